The molecule has 0 bridgehead atoms. The average molecular weight is 435 g/mol. The second-order valence-electron chi connectivity index (χ2n) is 7.15. The van der Waals surface area contributed by atoms with Crippen LogP contribution in [0.2, 0.25) is 0 Å². The zero-order valence-corrected chi connectivity index (χ0v) is 19.1. The van der Waals surface area contributed by atoms with E-state index in [1.54, 1.807) is 30.0 Å². The molecule has 2 aromatic carbocycles. The Morgan fingerprint density at radius 1 is 1.10 bits per heavy atom. The van der Waals surface area contributed by atoms with Gasteiger partial charge in [0.25, 0.3) is 0 Å². The van der Waals surface area contributed by atoms with Gasteiger partial charge in [-0.2, -0.15) is 11.8 Å². The van der Waals surface area contributed by atoms with Gasteiger partial charge in [0.2, 0.25) is 15.9 Å². The minimum atomic E-state index is -3.60. The fourth-order valence-electron chi connectivity index (χ4n) is 3.18. The zero-order valence-electron chi connectivity index (χ0n) is 17.5. The summed E-state index contributed by atoms with van der Waals surface area (Å²) >= 11 is 1.74. The standard InChI is InChI=1S/C22H30N2O3S2/c1-5-21(24(29(4,26)27)20-11-7-9-18(3)15-20)22(25)23-12-13-28-16-19-10-6-8-17(2)14-19/h6-11,14-15,21H,5,12-13,16H2,1-4H3,(H,23,25). The number of anilines is 1. The van der Waals surface area contributed by atoms with Gasteiger partial charge in [0, 0.05) is 18.1 Å². The molecule has 1 amide bonds. The van der Waals surface area contributed by atoms with Crippen molar-refractivity contribution in [2.75, 3.05) is 22.9 Å². The normalized spacial score (nSPS) is 12.4. The number of benzene rings is 2. The second-order valence-corrected chi connectivity index (χ2v) is 10.1. The molecule has 0 aromatic heterocycles. The number of nitrogens with zero attached hydrogens (tertiary/aromatic N) is 1. The van der Waals surface area contributed by atoms with Gasteiger partial charge in [0.15, 0.2) is 0 Å². The molecule has 0 aliphatic carbocycles. The van der Waals surface area contributed by atoms with Crippen molar-refractivity contribution in [1.82, 2.24) is 5.32 Å². The molecule has 158 valence electrons. The third-order valence-corrected chi connectivity index (χ3v) is 6.69. The maximum Gasteiger partial charge on any atom is 0.243 e. The van der Waals surface area contributed by atoms with Gasteiger partial charge in [-0.15, -0.1) is 0 Å². The summed E-state index contributed by atoms with van der Waals surface area (Å²) in [7, 11) is -3.60. The molecule has 0 fully saturated rings. The number of thioether (sulfide) groups is 1. The third kappa shape index (κ3) is 7.08. The second kappa shape index (κ2) is 10.7. The van der Waals surface area contributed by atoms with Crippen molar-refractivity contribution in [1.29, 1.82) is 0 Å². The number of hydrogen-bond acceptors (Lipinski definition) is 4. The molecule has 0 spiro atoms. The fraction of sp³-hybridized carbons (Fsp3) is 0.409. The molecule has 0 saturated carbocycles. The lowest BCUT2D eigenvalue weighted by molar-refractivity contribution is -0.122. The van der Waals surface area contributed by atoms with Crippen LogP contribution in [0.1, 0.15) is 30.0 Å². The number of rotatable bonds is 10. The number of carbonyl (C=O) groups excluding carboxylic acids is 1. The molecule has 0 saturated heterocycles. The van der Waals surface area contributed by atoms with Crippen LogP contribution in [0.5, 0.6) is 0 Å². The van der Waals surface area contributed by atoms with Crippen LogP contribution < -0.4 is 9.62 Å². The Morgan fingerprint density at radius 3 is 2.34 bits per heavy atom. The van der Waals surface area contributed by atoms with Crippen LogP contribution in [-0.2, 0) is 20.6 Å². The molecule has 2 aromatic rings. The molecule has 29 heavy (non-hydrogen) atoms. The molecule has 0 radical (unpaired) electrons. The van der Waals surface area contributed by atoms with Crippen molar-refractivity contribution in [2.24, 2.45) is 0 Å². The quantitative estimate of drug-likeness (QED) is 0.576. The van der Waals surface area contributed by atoms with E-state index in [2.05, 4.69) is 30.4 Å². The molecule has 1 atom stereocenters. The lowest BCUT2D eigenvalue weighted by atomic mass is 10.1. The van der Waals surface area contributed by atoms with Crippen LogP contribution >= 0.6 is 11.8 Å². The van der Waals surface area contributed by atoms with Gasteiger partial charge in [0.1, 0.15) is 6.04 Å². The van der Waals surface area contributed by atoms with Crippen molar-refractivity contribution in [3.05, 3.63) is 65.2 Å². The number of aryl methyl sites for hydroxylation is 2. The van der Waals surface area contributed by atoms with Crippen molar-refractivity contribution in [3.8, 4) is 0 Å². The summed E-state index contributed by atoms with van der Waals surface area (Å²) in [6.07, 6.45) is 1.53. The average Bonchev–Trinajstić information content (AvgIpc) is 2.64. The summed E-state index contributed by atoms with van der Waals surface area (Å²) in [6, 6.07) is 14.8. The van der Waals surface area contributed by atoms with Crippen molar-refractivity contribution >= 4 is 33.4 Å². The lowest BCUT2D eigenvalue weighted by Gasteiger charge is -2.30. The number of carbonyl (C=O) groups is 1. The molecule has 0 heterocycles. The van der Waals surface area contributed by atoms with Crippen LogP contribution in [0.25, 0.3) is 0 Å². The highest BCUT2D eigenvalue weighted by molar-refractivity contribution is 7.98. The molecule has 5 nitrogen and oxygen atoms in total. The van der Waals surface area contributed by atoms with E-state index >= 15 is 0 Å². The predicted molar refractivity (Wildman–Crippen MR) is 123 cm³/mol. The maximum absolute atomic E-state index is 12.8. The Balaban J connectivity index is 1.97. The highest BCUT2D eigenvalue weighted by Gasteiger charge is 2.31. The van der Waals surface area contributed by atoms with E-state index in [0.29, 0.717) is 18.7 Å². The third-order valence-electron chi connectivity index (χ3n) is 4.48. The molecular formula is C22H30N2O3S2. The Bertz CT molecular complexity index is 929. The smallest absolute Gasteiger partial charge is 0.243 e. The predicted octanol–water partition coefficient (Wildman–Crippen LogP) is 3.90. The molecule has 1 unspecified atom stereocenters. The first-order valence-electron chi connectivity index (χ1n) is 9.69. The van der Waals surface area contributed by atoms with E-state index in [1.165, 1.54) is 15.4 Å². The highest BCUT2D eigenvalue weighted by Crippen LogP contribution is 2.23. The van der Waals surface area contributed by atoms with E-state index in [-0.39, 0.29) is 5.91 Å². The van der Waals surface area contributed by atoms with E-state index in [9.17, 15) is 13.2 Å². The number of hydrogen-bond donors (Lipinski definition) is 1. The topological polar surface area (TPSA) is 66.5 Å². The number of nitrogens with one attached hydrogen (secondary N) is 1. The number of amides is 1. The fourth-order valence-corrected chi connectivity index (χ4v) is 5.19. The maximum atomic E-state index is 12.8. The molecule has 1 N–H and O–H groups in total. The molecule has 0 aliphatic heterocycles. The SMILES string of the molecule is CCC(C(=O)NCCSCc1cccc(C)c1)N(c1cccc(C)c1)S(C)(=O)=O. The summed E-state index contributed by atoms with van der Waals surface area (Å²) in [5.41, 5.74) is 3.96. The van der Waals surface area contributed by atoms with E-state index in [1.807, 2.05) is 26.0 Å². The molecular weight excluding hydrogens is 404 g/mol. The van der Waals surface area contributed by atoms with Gasteiger partial charge >= 0.3 is 0 Å². The highest BCUT2D eigenvalue weighted by atomic mass is 32.2. The van der Waals surface area contributed by atoms with Gasteiger partial charge < -0.3 is 5.32 Å². The molecule has 2 rings (SSSR count). The van der Waals surface area contributed by atoms with Crippen molar-refractivity contribution < 1.29 is 13.2 Å². The summed E-state index contributed by atoms with van der Waals surface area (Å²) in [6.45, 7) is 6.29. The van der Waals surface area contributed by atoms with Gasteiger partial charge in [-0.1, -0.05) is 48.9 Å². The van der Waals surface area contributed by atoms with E-state index in [0.717, 1.165) is 23.3 Å². The zero-order chi connectivity index (χ0) is 21.4. The molecule has 7 heteroatoms. The molecule has 0 aliphatic rings. The van der Waals surface area contributed by atoms with E-state index in [4.69, 9.17) is 0 Å². The van der Waals surface area contributed by atoms with Gasteiger partial charge in [-0.25, -0.2) is 8.42 Å². The van der Waals surface area contributed by atoms with Gasteiger partial charge in [-0.3, -0.25) is 9.10 Å². The number of sulfonamides is 1. The Morgan fingerprint density at radius 2 is 1.76 bits per heavy atom. The summed E-state index contributed by atoms with van der Waals surface area (Å²) in [4.78, 5) is 12.8. The Hall–Kier alpha value is -1.99. The first-order valence-corrected chi connectivity index (χ1v) is 12.7. The van der Waals surface area contributed by atoms with Gasteiger partial charge in [-0.05, 0) is 43.5 Å². The van der Waals surface area contributed by atoms with Crippen LogP contribution in [-0.4, -0.2) is 38.9 Å². The van der Waals surface area contributed by atoms with Crippen LogP contribution in [0, 0.1) is 13.8 Å². The minimum absolute atomic E-state index is 0.268. The van der Waals surface area contributed by atoms with Crippen LogP contribution in [0.15, 0.2) is 48.5 Å². The summed E-state index contributed by atoms with van der Waals surface area (Å²) < 4.78 is 26.1. The summed E-state index contributed by atoms with van der Waals surface area (Å²) in [5, 5.41) is 2.90. The summed E-state index contributed by atoms with van der Waals surface area (Å²) in [5.74, 6) is 1.38. The van der Waals surface area contributed by atoms with Gasteiger partial charge in [0.05, 0.1) is 11.9 Å². The monoisotopic (exact) mass is 434 g/mol. The minimum Gasteiger partial charge on any atom is -0.353 e. The first-order chi connectivity index (χ1) is 13.7. The van der Waals surface area contributed by atoms with E-state index < -0.39 is 16.1 Å². The van der Waals surface area contributed by atoms with Crippen LogP contribution in [0.4, 0.5) is 5.69 Å². The Labute approximate surface area is 178 Å². The largest absolute Gasteiger partial charge is 0.353 e. The first kappa shape index (κ1) is 23.3. The van der Waals surface area contributed by atoms with Crippen molar-refractivity contribution in [3.63, 3.8) is 0 Å². The van der Waals surface area contributed by atoms with Crippen molar-refractivity contribution in [2.45, 2.75) is 39.0 Å². The van der Waals surface area contributed by atoms with Crippen LogP contribution in [0.3, 0.4) is 0 Å². The lowest BCUT2D eigenvalue weighted by Crippen LogP contribution is -2.49. The Kier molecular flexibility index (Phi) is 8.59.